The highest BCUT2D eigenvalue weighted by atomic mass is 16.4. The van der Waals surface area contributed by atoms with Gasteiger partial charge < -0.3 is 176 Å². The number of nitrogens with two attached hydrogens (primary N) is 9. The molecule has 0 unspecified atom stereocenters. The molecule has 15 amide bonds. The van der Waals surface area contributed by atoms with Crippen molar-refractivity contribution >= 4 is 142 Å². The molecule has 0 bridgehead atoms. The van der Waals surface area contributed by atoms with Gasteiger partial charge in [-0.05, 0) is 198 Å². The van der Waals surface area contributed by atoms with Crippen molar-refractivity contribution in [1.29, 1.82) is 43.3 Å². The van der Waals surface area contributed by atoms with E-state index < -0.39 is 227 Å². The Morgan fingerprint density at radius 2 is 0.476 bits per heavy atom. The molecule has 0 saturated carbocycles. The first-order valence-electron chi connectivity index (χ1n) is 50.9. The quantitative estimate of drug-likeness (QED) is 0.0153. The summed E-state index contributed by atoms with van der Waals surface area (Å²) in [5.74, 6) is -16.1. The summed E-state index contributed by atoms with van der Waals surface area (Å²) in [4.78, 5) is 243. The molecular formula is C90H162N40O17. The third-order valence-electron chi connectivity index (χ3n) is 26.7. The third-order valence-corrected chi connectivity index (χ3v) is 26.7. The molecule has 147 heavy (non-hydrogen) atoms. The standard InChI is InChI=1S/C90H162N40O17/c1-5-50(4)66(91)75(139)123-58(27-13-41-115-90(106)107)78(142)127-44-16-30-62(127)74(138)124-59(48-49(2)3)80(144)129-46-18-32-64(129)81(145)128-45-17-31-63(128)73(137)119-54(23-9-37-111-86(98)99)70(134)121-56(25-11-39-113-88(102)103)77(141)126-43-15-29-61(126)72(136)118-53(22-8-36-110-85(96)97)69(133)120-55(24-10-38-112-87(100)101)76(140)125-42-14-28-60(125)71(135)117-52(21-7-35-109-84(94)95)67(131)116-51(20-6-34-108-83(92)93)68(132)122-57(26-12-40-114-89(104)105)79(143)130-47-19-33-65(130)82(146)147/h49-66H,5-48,91H2,1-4H3,(H,116,131)(H,117,135)(H,118,136)(H,119,137)(H,120,133)(H,121,134)(H,122,132)(H,123,139)(H,124,138)(H,146,147)(H4,92,93,108)(H4,94,95,109)(H4,96,97,110)(H4,98,99,111)(H4,100,101,112)(H4,102,103,113)(H4,104,105,114)(H4,106,107,115)/t50-,51-,52-,53-,54-,55-,56-,57-,58-,59-,60-,61-,62-,63-,64-,65-,66-/m0/s1. The smallest absolute Gasteiger partial charge is 0.326 e. The summed E-state index contributed by atoms with van der Waals surface area (Å²) in [5.41, 5.74) is 51.1. The van der Waals surface area contributed by atoms with Gasteiger partial charge in [-0.15, -0.1) is 0 Å². The molecule has 6 aliphatic rings. The zero-order chi connectivity index (χ0) is 109. The summed E-state index contributed by atoms with van der Waals surface area (Å²) in [6.45, 7) is 7.99. The number of rotatable bonds is 61. The Labute approximate surface area is 855 Å². The highest BCUT2D eigenvalue weighted by Crippen LogP contribution is 2.30. The normalized spacial score (nSPS) is 19.6. The van der Waals surface area contributed by atoms with Crippen LogP contribution in [0.1, 0.15) is 220 Å². The lowest BCUT2D eigenvalue weighted by Crippen LogP contribution is -2.60. The van der Waals surface area contributed by atoms with E-state index in [9.17, 15) is 43.5 Å². The summed E-state index contributed by atoms with van der Waals surface area (Å²) in [6.07, 6.45) is 3.15. The van der Waals surface area contributed by atoms with E-state index in [2.05, 4.69) is 90.4 Å². The van der Waals surface area contributed by atoms with E-state index in [1.54, 1.807) is 0 Å². The Hall–Kier alpha value is -14.4. The zero-order valence-corrected chi connectivity index (χ0v) is 84.9. The number of amides is 15. The van der Waals surface area contributed by atoms with Gasteiger partial charge in [-0.2, -0.15) is 0 Å². The summed E-state index contributed by atoms with van der Waals surface area (Å²) in [7, 11) is 0. The molecule has 0 aliphatic carbocycles. The molecular weight excluding hydrogens is 1910 g/mol. The molecule has 6 aliphatic heterocycles. The predicted molar refractivity (Wildman–Crippen MR) is 544 cm³/mol. The molecule has 57 nitrogen and oxygen atoms in total. The number of likely N-dealkylation sites (tertiary alicyclic amines) is 6. The number of carbonyl (C=O) groups excluding carboxylic acids is 15. The van der Waals surface area contributed by atoms with Gasteiger partial charge in [0.2, 0.25) is 88.6 Å². The molecule has 0 aromatic heterocycles. The van der Waals surface area contributed by atoms with Gasteiger partial charge in [-0.25, -0.2) is 4.79 Å². The van der Waals surface area contributed by atoms with Gasteiger partial charge in [0.25, 0.3) is 0 Å². The second kappa shape index (κ2) is 61.8. The number of carboxylic acids is 1. The van der Waals surface area contributed by atoms with Gasteiger partial charge in [-0.3, -0.25) is 115 Å². The molecule has 6 fully saturated rings. The topological polar surface area (TPSA) is 942 Å². The number of carbonyl (C=O) groups is 16. The van der Waals surface area contributed by atoms with Crippen LogP contribution in [0.4, 0.5) is 0 Å². The number of aliphatic carboxylic acids is 1. The molecule has 824 valence electrons. The van der Waals surface area contributed by atoms with E-state index in [-0.39, 0.29) is 269 Å². The van der Waals surface area contributed by atoms with Crippen LogP contribution >= 0.6 is 0 Å². The molecule has 6 rings (SSSR count). The second-order valence-electron chi connectivity index (χ2n) is 38.4. The minimum atomic E-state index is -1.53. The summed E-state index contributed by atoms with van der Waals surface area (Å²) in [5, 5.41) is 118. The highest BCUT2D eigenvalue weighted by Gasteiger charge is 2.49. The number of nitrogens with one attached hydrogen (secondary N) is 25. The van der Waals surface area contributed by atoms with E-state index >= 15 is 38.4 Å². The maximum atomic E-state index is 15.4. The first-order valence-corrected chi connectivity index (χ1v) is 50.9. The van der Waals surface area contributed by atoms with E-state index in [4.69, 9.17) is 94.9 Å². The van der Waals surface area contributed by atoms with Gasteiger partial charge >= 0.3 is 5.97 Å². The van der Waals surface area contributed by atoms with Crippen molar-refractivity contribution in [2.24, 2.45) is 63.4 Å². The van der Waals surface area contributed by atoms with Crippen LogP contribution in [0, 0.1) is 55.1 Å². The minimum absolute atomic E-state index is 0.00530. The van der Waals surface area contributed by atoms with Crippen LogP contribution in [-0.4, -0.2) is 365 Å². The summed E-state index contributed by atoms with van der Waals surface area (Å²) >= 11 is 0. The first kappa shape index (κ1) is 121. The maximum Gasteiger partial charge on any atom is 0.326 e. The Balaban J connectivity index is 1.23. The second-order valence-corrected chi connectivity index (χ2v) is 38.4. The van der Waals surface area contributed by atoms with Crippen LogP contribution < -0.4 is 142 Å². The summed E-state index contributed by atoms with van der Waals surface area (Å²) < 4.78 is 0. The Bertz CT molecular complexity index is 4590. The van der Waals surface area contributed by atoms with Crippen molar-refractivity contribution in [2.75, 3.05) is 91.6 Å². The maximum absolute atomic E-state index is 15.4. The lowest BCUT2D eigenvalue weighted by atomic mass is 9.98. The largest absolute Gasteiger partial charge is 0.480 e. The van der Waals surface area contributed by atoms with Crippen molar-refractivity contribution in [3.8, 4) is 0 Å². The number of hydrogen-bond donors (Lipinski definition) is 35. The monoisotopic (exact) mass is 2080 g/mol. The van der Waals surface area contributed by atoms with Gasteiger partial charge in [0, 0.05) is 91.6 Å². The van der Waals surface area contributed by atoms with Gasteiger partial charge in [0.15, 0.2) is 47.7 Å². The van der Waals surface area contributed by atoms with Gasteiger partial charge in [0.1, 0.15) is 90.6 Å². The van der Waals surface area contributed by atoms with E-state index in [0.717, 1.165) is 4.90 Å². The SMILES string of the molecule is CC[C@H](C)[C@H](N)C(=O)N[C@@H](CCCNC(=N)N)C(=O)N1CCC[C@H]1C(=O)N[C@@H](CC(C)C)C(=O)N1CCC[C@H]1C(=O)N1CCC[C@H]1C(=O)N[C@@H](CCCNC(=N)N)C(=O)N[C@@H](CCCNC(=N)N)C(=O)N1CCC[C@H]1C(=O)N[C@@H](CCCNC(=N)N)C(=O)N[C@@H](CCCNC(=N)N)C(=O)N1CCC[C@H]1C(=O)N[C@@H](CCCNC(=N)N)C(=O)N[C@@H](CCCNC(=N)N)C(=O)N[C@@H](CCCNC(=N)N)C(=O)N1CCC[C@H]1C(=O)O. The molecule has 6 heterocycles. The van der Waals surface area contributed by atoms with Gasteiger partial charge in [0.05, 0.1) is 6.04 Å². The Kier molecular flexibility index (Phi) is 51.0. The lowest BCUT2D eigenvalue weighted by Gasteiger charge is -2.34. The van der Waals surface area contributed by atoms with E-state index in [1.807, 2.05) is 27.7 Å². The van der Waals surface area contributed by atoms with Crippen LogP contribution in [-0.2, 0) is 76.7 Å². The molecule has 0 aromatic rings. The number of nitrogens with zero attached hydrogens (tertiary/aromatic N) is 6. The average molecular weight is 2080 g/mol. The van der Waals surface area contributed by atoms with Crippen molar-refractivity contribution < 1.29 is 81.8 Å². The van der Waals surface area contributed by atoms with E-state index in [0.29, 0.717) is 38.5 Å². The Morgan fingerprint density at radius 1 is 0.279 bits per heavy atom. The van der Waals surface area contributed by atoms with Gasteiger partial charge in [-0.1, -0.05) is 34.1 Å². The Morgan fingerprint density at radius 3 is 0.728 bits per heavy atom. The fraction of sp³-hybridized carbons (Fsp3) is 0.733. The molecule has 57 heteroatoms. The zero-order valence-electron chi connectivity index (χ0n) is 84.9. The lowest BCUT2D eigenvalue weighted by molar-refractivity contribution is -0.149. The molecule has 0 spiro atoms. The van der Waals surface area contributed by atoms with Crippen molar-refractivity contribution in [3.63, 3.8) is 0 Å². The van der Waals surface area contributed by atoms with Crippen molar-refractivity contribution in [3.05, 3.63) is 0 Å². The molecule has 44 N–H and O–H groups in total. The van der Waals surface area contributed by atoms with Crippen LogP contribution in [0.3, 0.4) is 0 Å². The van der Waals surface area contributed by atoms with E-state index in [1.165, 1.54) is 24.5 Å². The number of hydrogen-bond acceptors (Lipinski definition) is 25. The highest BCUT2D eigenvalue weighted by molar-refractivity contribution is 6.02. The number of guanidine groups is 8. The molecule has 0 aromatic carbocycles. The third kappa shape index (κ3) is 39.8. The van der Waals surface area contributed by atoms with Crippen LogP contribution in [0.5, 0.6) is 0 Å². The fourth-order valence-electron chi connectivity index (χ4n) is 19.0. The fourth-order valence-corrected chi connectivity index (χ4v) is 19.0. The predicted octanol–water partition coefficient (Wildman–Crippen LogP) is -9.09. The summed E-state index contributed by atoms with van der Waals surface area (Å²) in [6, 6.07) is -20.8. The first-order chi connectivity index (χ1) is 69.7. The number of carboxylic acid groups (broad SMARTS) is 1. The van der Waals surface area contributed by atoms with Crippen molar-refractivity contribution in [2.45, 2.75) is 317 Å². The molecule has 17 atom stereocenters. The van der Waals surface area contributed by atoms with Crippen molar-refractivity contribution in [1.82, 2.24) is 120 Å². The molecule has 0 radical (unpaired) electrons. The van der Waals surface area contributed by atoms with Crippen LogP contribution in [0.25, 0.3) is 0 Å². The minimum Gasteiger partial charge on any atom is -0.480 e. The van der Waals surface area contributed by atoms with Crippen LogP contribution in [0.15, 0.2) is 0 Å². The van der Waals surface area contributed by atoms with Crippen LogP contribution in [0.2, 0.25) is 0 Å². The molecule has 6 saturated heterocycles. The average Bonchev–Trinajstić information content (AvgIpc) is 1.66.